The van der Waals surface area contributed by atoms with E-state index in [-0.39, 0.29) is 21.8 Å². The van der Waals surface area contributed by atoms with Gasteiger partial charge in [0.25, 0.3) is 5.43 Å². The Labute approximate surface area is 112 Å². The fourth-order valence-corrected chi connectivity index (χ4v) is 3.02. The highest BCUT2D eigenvalue weighted by atomic mass is 127. The summed E-state index contributed by atoms with van der Waals surface area (Å²) in [7, 11) is 2.35. The number of hydrogen-bond acceptors (Lipinski definition) is 3. The van der Waals surface area contributed by atoms with Crippen molar-refractivity contribution in [2.75, 3.05) is 3.11 Å². The van der Waals surface area contributed by atoms with Gasteiger partial charge in [-0.1, -0.05) is 30.0 Å². The summed E-state index contributed by atoms with van der Waals surface area (Å²) in [4.78, 5) is 22.7. The van der Waals surface area contributed by atoms with Gasteiger partial charge in [-0.15, -0.1) is 0 Å². The topological polar surface area (TPSA) is 37.4 Å². The van der Waals surface area contributed by atoms with Crippen molar-refractivity contribution in [3.63, 3.8) is 0 Å². The second-order valence-corrected chi connectivity index (χ2v) is 7.05. The fraction of sp³-hybridized carbons (Fsp3) is 0.636. The van der Waals surface area contributed by atoms with Gasteiger partial charge in [-0.25, -0.2) is 0 Å². The molecule has 0 spiro atoms. The maximum atomic E-state index is 11.5. The van der Waals surface area contributed by atoms with Gasteiger partial charge in [0.1, 0.15) is 5.69 Å². The molecule has 0 aliphatic carbocycles. The number of nitrogens with zero attached hydrogens (tertiary/aromatic N) is 1. The Kier molecular flexibility index (Phi) is 3.57. The normalized spacial score (nSPS) is 13.2. The molecule has 0 aromatic heterocycles. The van der Waals surface area contributed by atoms with Gasteiger partial charge < -0.3 is 3.11 Å². The summed E-state index contributed by atoms with van der Waals surface area (Å²) in [5, 5.41) is 0.497. The zero-order chi connectivity index (χ0) is 12.9. The van der Waals surface area contributed by atoms with Crippen molar-refractivity contribution >= 4 is 43.1 Å². The molecule has 0 radical (unpaired) electrons. The van der Waals surface area contributed by atoms with Crippen LogP contribution in [0.15, 0.2) is 9.59 Å². The molecule has 0 N–H and O–H groups in total. The minimum Gasteiger partial charge on any atom is -0.304 e. The molecule has 0 saturated heterocycles. The summed E-state index contributed by atoms with van der Waals surface area (Å²) in [5.74, 6) is 0. The van der Waals surface area contributed by atoms with E-state index in [1.165, 1.54) is 0 Å². The van der Waals surface area contributed by atoms with Crippen LogP contribution in [0.1, 0.15) is 34.6 Å². The van der Waals surface area contributed by atoms with Crippen molar-refractivity contribution in [2.24, 2.45) is 5.41 Å². The molecular formula is C11H17INO2P. The van der Waals surface area contributed by atoms with Gasteiger partial charge in [-0.2, -0.15) is 0 Å². The predicted octanol–water partition coefficient (Wildman–Crippen LogP) is 1.76. The quantitative estimate of drug-likeness (QED) is 0.352. The first-order chi connectivity index (χ1) is 7.01. The van der Waals surface area contributed by atoms with Crippen LogP contribution in [0.4, 0.5) is 5.69 Å². The molecule has 0 saturated carbocycles. The standard InChI is InChI=1S/C11H17INO2P/c1-10(2,3)11(4,5)13(12)6-7(14)8(15)9(6)16/h16H2,1-5H3. The maximum Gasteiger partial charge on any atom is 0.251 e. The minimum absolute atomic E-state index is 0.00501. The van der Waals surface area contributed by atoms with E-state index in [9.17, 15) is 9.59 Å². The molecule has 0 aliphatic heterocycles. The largest absolute Gasteiger partial charge is 0.304 e. The first-order valence-corrected chi connectivity index (χ1v) is 6.61. The lowest BCUT2D eigenvalue weighted by Gasteiger charge is -2.45. The SMILES string of the molecule is CC(C)(C)C(C)(C)N(I)c1c(P)c(=O)c1=O. The van der Waals surface area contributed by atoms with Crippen molar-refractivity contribution in [3.05, 3.63) is 20.4 Å². The van der Waals surface area contributed by atoms with Crippen molar-refractivity contribution in [1.29, 1.82) is 0 Å². The smallest absolute Gasteiger partial charge is 0.251 e. The van der Waals surface area contributed by atoms with Crippen molar-refractivity contribution < 1.29 is 0 Å². The van der Waals surface area contributed by atoms with Crippen LogP contribution in [-0.2, 0) is 0 Å². The number of anilines is 1. The lowest BCUT2D eigenvalue weighted by atomic mass is 9.76. The highest BCUT2D eigenvalue weighted by Gasteiger charge is 2.40. The van der Waals surface area contributed by atoms with Gasteiger partial charge in [-0.3, -0.25) is 9.59 Å². The fourth-order valence-electron chi connectivity index (χ4n) is 1.17. The molecule has 1 rings (SSSR count). The van der Waals surface area contributed by atoms with E-state index in [0.29, 0.717) is 11.0 Å². The Hall–Kier alpha value is 0.0400. The summed E-state index contributed by atoms with van der Waals surface area (Å²) in [6.07, 6.45) is 0. The molecule has 1 aromatic rings. The van der Waals surface area contributed by atoms with Gasteiger partial charge in [0.15, 0.2) is 0 Å². The maximum absolute atomic E-state index is 11.5. The summed E-state index contributed by atoms with van der Waals surface area (Å²) < 4.78 is 1.89. The highest BCUT2D eigenvalue weighted by molar-refractivity contribution is 14.1. The van der Waals surface area contributed by atoms with E-state index in [1.807, 2.05) is 3.11 Å². The molecule has 0 fully saturated rings. The number of hydrogen-bond donors (Lipinski definition) is 0. The lowest BCUT2D eigenvalue weighted by molar-refractivity contribution is 0.242. The molecular weight excluding hydrogens is 336 g/mol. The van der Waals surface area contributed by atoms with Crippen LogP contribution < -0.4 is 19.3 Å². The Morgan fingerprint density at radius 1 is 1.06 bits per heavy atom. The molecule has 1 aromatic carbocycles. The van der Waals surface area contributed by atoms with Gasteiger partial charge in [0.05, 0.1) is 22.9 Å². The zero-order valence-electron chi connectivity index (χ0n) is 10.2. The van der Waals surface area contributed by atoms with E-state index in [1.54, 1.807) is 0 Å². The molecule has 5 heteroatoms. The molecule has 0 amide bonds. The Bertz CT molecular complexity index is 481. The molecule has 16 heavy (non-hydrogen) atoms. The van der Waals surface area contributed by atoms with E-state index < -0.39 is 0 Å². The Balaban J connectivity index is 3.20. The van der Waals surface area contributed by atoms with Crippen LogP contribution in [0.3, 0.4) is 0 Å². The van der Waals surface area contributed by atoms with E-state index in [4.69, 9.17) is 0 Å². The lowest BCUT2D eigenvalue weighted by Crippen LogP contribution is -2.56. The molecule has 0 heterocycles. The Morgan fingerprint density at radius 3 is 1.81 bits per heavy atom. The molecule has 0 bridgehead atoms. The Morgan fingerprint density at radius 2 is 1.50 bits per heavy atom. The van der Waals surface area contributed by atoms with Gasteiger partial charge in [0.2, 0.25) is 5.43 Å². The number of halogens is 1. The van der Waals surface area contributed by atoms with Crippen LogP contribution in [0.5, 0.6) is 0 Å². The predicted molar refractivity (Wildman–Crippen MR) is 80.7 cm³/mol. The van der Waals surface area contributed by atoms with Crippen LogP contribution in [0.2, 0.25) is 0 Å². The third-order valence-corrected chi connectivity index (χ3v) is 5.67. The molecule has 1 atom stereocenters. The average molecular weight is 353 g/mol. The van der Waals surface area contributed by atoms with Crippen molar-refractivity contribution in [2.45, 2.75) is 40.2 Å². The van der Waals surface area contributed by atoms with Crippen LogP contribution in [0, 0.1) is 5.41 Å². The second-order valence-electron chi connectivity index (χ2n) is 5.51. The second kappa shape index (κ2) is 4.05. The first-order valence-electron chi connectivity index (χ1n) is 5.06. The molecule has 3 nitrogen and oxygen atoms in total. The average Bonchev–Trinajstić information content (AvgIpc) is 2.15. The minimum atomic E-state index is -0.383. The molecule has 1 unspecified atom stereocenters. The molecule has 90 valence electrons. The highest BCUT2D eigenvalue weighted by Crippen LogP contribution is 2.39. The monoisotopic (exact) mass is 353 g/mol. The summed E-state index contributed by atoms with van der Waals surface area (Å²) in [6, 6.07) is 0. The summed E-state index contributed by atoms with van der Waals surface area (Å²) in [5.41, 5.74) is -0.440. The summed E-state index contributed by atoms with van der Waals surface area (Å²) >= 11 is 2.12. The first kappa shape index (κ1) is 14.1. The van der Waals surface area contributed by atoms with Gasteiger partial charge >= 0.3 is 0 Å². The third-order valence-electron chi connectivity index (χ3n) is 3.44. The third kappa shape index (κ3) is 1.94. The van der Waals surface area contributed by atoms with Crippen molar-refractivity contribution in [1.82, 2.24) is 0 Å². The van der Waals surface area contributed by atoms with Crippen molar-refractivity contribution in [3.8, 4) is 0 Å². The van der Waals surface area contributed by atoms with E-state index >= 15 is 0 Å². The number of rotatable bonds is 2. The van der Waals surface area contributed by atoms with Gasteiger partial charge in [0, 0.05) is 10.8 Å². The van der Waals surface area contributed by atoms with Crippen LogP contribution in [0.25, 0.3) is 0 Å². The molecule has 0 aliphatic rings. The van der Waals surface area contributed by atoms with Crippen LogP contribution >= 0.6 is 32.1 Å². The zero-order valence-corrected chi connectivity index (χ0v) is 13.5. The van der Waals surface area contributed by atoms with Crippen LogP contribution in [-0.4, -0.2) is 5.54 Å². The summed E-state index contributed by atoms with van der Waals surface area (Å²) in [6.45, 7) is 10.5. The van der Waals surface area contributed by atoms with E-state index in [0.717, 1.165) is 0 Å². The van der Waals surface area contributed by atoms with E-state index in [2.05, 4.69) is 66.7 Å². The van der Waals surface area contributed by atoms with Gasteiger partial charge in [-0.05, 0) is 19.3 Å².